The van der Waals surface area contributed by atoms with Crippen LogP contribution in [0.2, 0.25) is 0 Å². The normalized spacial score (nSPS) is 12.7. The monoisotopic (exact) mass is 315 g/mol. The van der Waals surface area contributed by atoms with E-state index in [1.807, 2.05) is 30.3 Å². The summed E-state index contributed by atoms with van der Waals surface area (Å²) < 4.78 is 8.40. The largest absolute Gasteiger partial charge is 0.484 e. The van der Waals surface area contributed by atoms with E-state index in [2.05, 4.69) is 60.1 Å². The number of para-hydroxylation sites is 1. The Hall–Kier alpha value is -1.37. The maximum Gasteiger partial charge on any atom is 0.137 e. The maximum atomic E-state index is 6.30. The van der Waals surface area contributed by atoms with Gasteiger partial charge in [-0.2, -0.15) is 0 Å². The first kappa shape index (κ1) is 17.0. The van der Waals surface area contributed by atoms with Crippen molar-refractivity contribution < 1.29 is 4.74 Å². The molecule has 3 heteroatoms. The molecule has 2 rings (SSSR count). The zero-order valence-electron chi connectivity index (χ0n) is 13.9. The van der Waals surface area contributed by atoms with E-state index in [0.717, 1.165) is 12.3 Å². The van der Waals surface area contributed by atoms with Crippen LogP contribution >= 0.6 is 9.39 Å². The zero-order valence-corrected chi connectivity index (χ0v) is 15.1. The van der Waals surface area contributed by atoms with Crippen LogP contribution in [-0.2, 0) is 0 Å². The van der Waals surface area contributed by atoms with E-state index in [0.29, 0.717) is 5.92 Å². The summed E-state index contributed by atoms with van der Waals surface area (Å²) in [5, 5.41) is 0. The summed E-state index contributed by atoms with van der Waals surface area (Å²) >= 11 is 0. The van der Waals surface area contributed by atoms with Crippen LogP contribution in [0.25, 0.3) is 0 Å². The minimum atomic E-state index is 0.0159. The Kier molecular flexibility index (Phi) is 5.99. The lowest BCUT2D eigenvalue weighted by Gasteiger charge is -2.27. The Morgan fingerprint density at radius 3 is 2.32 bits per heavy atom. The molecular formula is C19H26NOP. The Morgan fingerprint density at radius 1 is 1.05 bits per heavy atom. The molecule has 0 aliphatic carbocycles. The van der Waals surface area contributed by atoms with E-state index in [4.69, 9.17) is 4.74 Å². The average Bonchev–Trinajstić information content (AvgIpc) is 2.46. The third-order valence-corrected chi connectivity index (χ3v) is 3.97. The highest BCUT2D eigenvalue weighted by Gasteiger charge is 2.20. The van der Waals surface area contributed by atoms with Gasteiger partial charge in [-0.1, -0.05) is 59.6 Å². The first-order valence-corrected chi connectivity index (χ1v) is 8.27. The van der Waals surface area contributed by atoms with Crippen LogP contribution in [-0.4, -0.2) is 18.3 Å². The molecule has 2 aromatic carbocycles. The van der Waals surface area contributed by atoms with Gasteiger partial charge in [0.05, 0.1) is 0 Å². The number of aryl methyl sites for hydroxylation is 1. The van der Waals surface area contributed by atoms with Crippen molar-refractivity contribution in [3.63, 3.8) is 0 Å². The van der Waals surface area contributed by atoms with Crippen LogP contribution in [0.3, 0.4) is 0 Å². The first-order chi connectivity index (χ1) is 10.5. The standard InChI is InChI=1S/C19H26NOP/c1-14(2)19-15(3)9-8-12-17(19)18(13-20(4)22)21-16-10-6-5-7-11-16/h5-12,14,18H,13,22H2,1-4H3. The molecule has 0 fully saturated rings. The van der Waals surface area contributed by atoms with Gasteiger partial charge in [0.15, 0.2) is 0 Å². The van der Waals surface area contributed by atoms with Gasteiger partial charge in [0.2, 0.25) is 0 Å². The first-order valence-electron chi connectivity index (χ1n) is 7.76. The predicted octanol–water partition coefficient (Wildman–Crippen LogP) is 4.96. The summed E-state index contributed by atoms with van der Waals surface area (Å²) in [4.78, 5) is 0. The quantitative estimate of drug-likeness (QED) is 0.699. The van der Waals surface area contributed by atoms with Crippen molar-refractivity contribution in [2.45, 2.75) is 32.8 Å². The van der Waals surface area contributed by atoms with Gasteiger partial charge in [0.1, 0.15) is 11.9 Å². The van der Waals surface area contributed by atoms with Gasteiger partial charge in [-0.3, -0.25) is 4.67 Å². The summed E-state index contributed by atoms with van der Waals surface area (Å²) in [5.41, 5.74) is 4.02. The molecule has 0 heterocycles. The van der Waals surface area contributed by atoms with Crippen LogP contribution in [0.4, 0.5) is 0 Å². The molecule has 0 radical (unpaired) electrons. The van der Waals surface area contributed by atoms with Crippen LogP contribution in [0.15, 0.2) is 48.5 Å². The summed E-state index contributed by atoms with van der Waals surface area (Å²) in [6, 6.07) is 16.6. The summed E-state index contributed by atoms with van der Waals surface area (Å²) in [7, 11) is 4.78. The predicted molar refractivity (Wildman–Crippen MR) is 97.4 cm³/mol. The third kappa shape index (κ3) is 4.32. The highest BCUT2D eigenvalue weighted by Crippen LogP contribution is 2.31. The second-order valence-corrected chi connectivity index (χ2v) is 6.97. The minimum absolute atomic E-state index is 0.0159. The molecule has 0 saturated heterocycles. The van der Waals surface area contributed by atoms with E-state index >= 15 is 0 Å². The molecule has 0 bridgehead atoms. The maximum absolute atomic E-state index is 6.30. The summed E-state index contributed by atoms with van der Waals surface area (Å²) in [6.45, 7) is 7.50. The lowest BCUT2D eigenvalue weighted by atomic mass is 9.90. The number of benzene rings is 2. The van der Waals surface area contributed by atoms with Gasteiger partial charge in [-0.25, -0.2) is 0 Å². The average molecular weight is 315 g/mol. The number of rotatable bonds is 6. The van der Waals surface area contributed by atoms with Gasteiger partial charge in [-0.15, -0.1) is 0 Å². The Balaban J connectivity index is 2.39. The lowest BCUT2D eigenvalue weighted by molar-refractivity contribution is 0.182. The van der Waals surface area contributed by atoms with E-state index < -0.39 is 0 Å². The Bertz CT molecular complexity index is 596. The summed E-state index contributed by atoms with van der Waals surface area (Å²) in [6.07, 6.45) is 0.0159. The van der Waals surface area contributed by atoms with E-state index in [1.165, 1.54) is 16.7 Å². The van der Waals surface area contributed by atoms with Crippen molar-refractivity contribution in [2.75, 3.05) is 13.6 Å². The van der Waals surface area contributed by atoms with Crippen molar-refractivity contribution in [2.24, 2.45) is 0 Å². The van der Waals surface area contributed by atoms with Gasteiger partial charge in [0, 0.05) is 6.54 Å². The highest BCUT2D eigenvalue weighted by atomic mass is 31.0. The number of hydrogen-bond donors (Lipinski definition) is 0. The van der Waals surface area contributed by atoms with Crippen LogP contribution in [0, 0.1) is 6.92 Å². The molecule has 22 heavy (non-hydrogen) atoms. The number of hydrogen-bond acceptors (Lipinski definition) is 2. The summed E-state index contributed by atoms with van der Waals surface area (Å²) in [5.74, 6) is 1.39. The fourth-order valence-corrected chi connectivity index (χ4v) is 3.09. The molecule has 0 aliphatic heterocycles. The Labute approximate surface area is 136 Å². The fourth-order valence-electron chi connectivity index (χ4n) is 2.90. The second kappa shape index (κ2) is 7.76. The third-order valence-electron chi connectivity index (χ3n) is 3.76. The van der Waals surface area contributed by atoms with Crippen molar-refractivity contribution in [1.82, 2.24) is 4.67 Å². The van der Waals surface area contributed by atoms with Crippen molar-refractivity contribution in [1.29, 1.82) is 0 Å². The van der Waals surface area contributed by atoms with Crippen molar-refractivity contribution in [3.05, 3.63) is 65.2 Å². The molecule has 0 aromatic heterocycles. The van der Waals surface area contributed by atoms with E-state index in [9.17, 15) is 0 Å². The molecule has 2 aromatic rings. The molecule has 0 spiro atoms. The molecule has 0 N–H and O–H groups in total. The molecule has 0 amide bonds. The van der Waals surface area contributed by atoms with Gasteiger partial charge in [-0.05, 0) is 48.7 Å². The number of likely N-dealkylation sites (N-methyl/N-ethyl adjacent to an activating group) is 1. The molecule has 0 aliphatic rings. The van der Waals surface area contributed by atoms with E-state index in [1.54, 1.807) is 0 Å². The van der Waals surface area contributed by atoms with Gasteiger partial charge < -0.3 is 4.74 Å². The molecule has 2 unspecified atom stereocenters. The van der Waals surface area contributed by atoms with Crippen LogP contribution in [0.5, 0.6) is 5.75 Å². The molecular weight excluding hydrogens is 289 g/mol. The molecule has 2 atom stereocenters. The smallest absolute Gasteiger partial charge is 0.137 e. The molecule has 118 valence electrons. The van der Waals surface area contributed by atoms with Crippen LogP contribution < -0.4 is 4.74 Å². The Morgan fingerprint density at radius 2 is 1.73 bits per heavy atom. The number of nitrogens with zero attached hydrogens (tertiary/aromatic N) is 1. The topological polar surface area (TPSA) is 12.5 Å². The number of ether oxygens (including phenoxy) is 1. The highest BCUT2D eigenvalue weighted by molar-refractivity contribution is 7.13. The molecule has 2 nitrogen and oxygen atoms in total. The fraction of sp³-hybridized carbons (Fsp3) is 0.368. The van der Waals surface area contributed by atoms with E-state index in [-0.39, 0.29) is 6.10 Å². The van der Waals surface area contributed by atoms with Gasteiger partial charge >= 0.3 is 0 Å². The van der Waals surface area contributed by atoms with Crippen LogP contribution in [0.1, 0.15) is 42.6 Å². The second-order valence-electron chi connectivity index (χ2n) is 6.09. The minimum Gasteiger partial charge on any atom is -0.484 e. The molecule has 0 saturated carbocycles. The lowest BCUT2D eigenvalue weighted by Crippen LogP contribution is -2.22. The van der Waals surface area contributed by atoms with Crippen molar-refractivity contribution >= 4 is 9.39 Å². The SMILES string of the molecule is Cc1cccc(C(CN(C)P)Oc2ccccc2)c1C(C)C. The van der Waals surface area contributed by atoms with Gasteiger partial charge in [0.25, 0.3) is 0 Å². The zero-order chi connectivity index (χ0) is 16.1. The van der Waals surface area contributed by atoms with Crippen molar-refractivity contribution in [3.8, 4) is 5.75 Å².